The number of nitrogens with zero attached hydrogens (tertiary/aromatic N) is 2. The first-order chi connectivity index (χ1) is 10.8. The number of halogens is 1. The molecule has 1 aliphatic carbocycles. The Morgan fingerprint density at radius 1 is 1.17 bits per heavy atom. The van der Waals surface area contributed by atoms with E-state index in [2.05, 4.69) is 33.5 Å². The molecule has 3 rings (SSSR count). The van der Waals surface area contributed by atoms with Crippen LogP contribution in [0.5, 0.6) is 0 Å². The Bertz CT molecular complexity index is 655. The zero-order valence-electron chi connectivity index (χ0n) is 13.2. The summed E-state index contributed by atoms with van der Waals surface area (Å²) in [6.45, 7) is 1.38. The first kappa shape index (κ1) is 17.7. The van der Waals surface area contributed by atoms with Gasteiger partial charge in [-0.05, 0) is 48.1 Å². The fourth-order valence-electron chi connectivity index (χ4n) is 2.82. The van der Waals surface area contributed by atoms with E-state index in [9.17, 15) is 0 Å². The summed E-state index contributed by atoms with van der Waals surface area (Å²) >= 11 is 0. The first-order valence-corrected chi connectivity index (χ1v) is 7.85. The maximum absolute atomic E-state index is 5.92. The lowest BCUT2D eigenvalue weighted by molar-refractivity contribution is 0.827. The number of pyridine rings is 1. The molecule has 2 aromatic rings. The number of nitrogens with two attached hydrogens (primary N) is 1. The van der Waals surface area contributed by atoms with Crippen molar-refractivity contribution in [1.29, 1.82) is 0 Å². The standard InChI is InChI=1S/C18H22N4.HI/c19-18(21-11-9-17-6-1-2-10-20-17)22-13-14-7-8-15-4-3-5-16(15)12-14;/h1-2,6-8,10,12H,3-5,9,11,13H2,(H3,19,21,22);1H. The van der Waals surface area contributed by atoms with Gasteiger partial charge >= 0.3 is 0 Å². The molecule has 122 valence electrons. The maximum atomic E-state index is 5.92. The van der Waals surface area contributed by atoms with Crippen LogP contribution in [0.3, 0.4) is 0 Å². The number of hydrogen-bond acceptors (Lipinski definition) is 2. The SMILES string of the molecule is I.NC(=NCc1ccc2c(c1)CCC2)NCCc1ccccn1. The van der Waals surface area contributed by atoms with Gasteiger partial charge in [0.1, 0.15) is 0 Å². The van der Waals surface area contributed by atoms with Gasteiger partial charge in [-0.3, -0.25) is 4.98 Å². The monoisotopic (exact) mass is 422 g/mol. The third-order valence-corrected chi connectivity index (χ3v) is 4.01. The summed E-state index contributed by atoms with van der Waals surface area (Å²) < 4.78 is 0. The van der Waals surface area contributed by atoms with Gasteiger partial charge in [0.25, 0.3) is 0 Å². The third kappa shape index (κ3) is 5.20. The summed E-state index contributed by atoms with van der Waals surface area (Å²) in [4.78, 5) is 8.70. The van der Waals surface area contributed by atoms with E-state index in [1.807, 2.05) is 18.2 Å². The Balaban J connectivity index is 0.00000192. The predicted molar refractivity (Wildman–Crippen MR) is 105 cm³/mol. The lowest BCUT2D eigenvalue weighted by Gasteiger charge is -2.06. The molecule has 0 fully saturated rings. The molecule has 3 N–H and O–H groups in total. The van der Waals surface area contributed by atoms with Crippen molar-refractivity contribution in [2.24, 2.45) is 10.7 Å². The lowest BCUT2D eigenvalue weighted by Crippen LogP contribution is -2.33. The van der Waals surface area contributed by atoms with E-state index >= 15 is 0 Å². The summed E-state index contributed by atoms with van der Waals surface area (Å²) in [5.41, 5.74) is 11.2. The minimum Gasteiger partial charge on any atom is -0.370 e. The van der Waals surface area contributed by atoms with E-state index in [1.165, 1.54) is 36.0 Å². The van der Waals surface area contributed by atoms with Crippen molar-refractivity contribution in [2.45, 2.75) is 32.2 Å². The van der Waals surface area contributed by atoms with Crippen molar-refractivity contribution in [3.8, 4) is 0 Å². The zero-order valence-corrected chi connectivity index (χ0v) is 15.5. The number of benzene rings is 1. The Labute approximate surface area is 154 Å². The van der Waals surface area contributed by atoms with Crippen LogP contribution in [0.4, 0.5) is 0 Å². The summed E-state index contributed by atoms with van der Waals surface area (Å²) in [5.74, 6) is 0.497. The van der Waals surface area contributed by atoms with Gasteiger partial charge in [-0.15, -0.1) is 24.0 Å². The maximum Gasteiger partial charge on any atom is 0.188 e. The molecule has 0 atom stereocenters. The van der Waals surface area contributed by atoms with Crippen molar-refractivity contribution in [3.05, 3.63) is 65.0 Å². The van der Waals surface area contributed by atoms with E-state index in [4.69, 9.17) is 5.73 Å². The second kappa shape index (κ2) is 8.86. The minimum atomic E-state index is 0. The lowest BCUT2D eigenvalue weighted by atomic mass is 10.1. The van der Waals surface area contributed by atoms with Crippen LogP contribution >= 0.6 is 24.0 Å². The summed E-state index contributed by atoms with van der Waals surface area (Å²) in [5, 5.41) is 3.14. The quantitative estimate of drug-likeness (QED) is 0.443. The molecule has 23 heavy (non-hydrogen) atoms. The van der Waals surface area contributed by atoms with E-state index in [0.29, 0.717) is 12.5 Å². The molecule has 0 radical (unpaired) electrons. The molecule has 0 bridgehead atoms. The van der Waals surface area contributed by atoms with Crippen molar-refractivity contribution < 1.29 is 0 Å². The number of aryl methyl sites for hydroxylation is 2. The van der Waals surface area contributed by atoms with Crippen LogP contribution in [0.15, 0.2) is 47.6 Å². The van der Waals surface area contributed by atoms with Crippen LogP contribution in [0, 0.1) is 0 Å². The van der Waals surface area contributed by atoms with Crippen LogP contribution in [-0.2, 0) is 25.8 Å². The van der Waals surface area contributed by atoms with Crippen molar-refractivity contribution in [3.63, 3.8) is 0 Å². The highest BCUT2D eigenvalue weighted by Crippen LogP contribution is 2.22. The number of fused-ring (bicyclic) bond motifs is 1. The molecular formula is C18H23IN4. The van der Waals surface area contributed by atoms with Gasteiger partial charge in [-0.1, -0.05) is 24.3 Å². The second-order valence-corrected chi connectivity index (χ2v) is 5.66. The van der Waals surface area contributed by atoms with Gasteiger partial charge in [-0.2, -0.15) is 0 Å². The Morgan fingerprint density at radius 3 is 2.87 bits per heavy atom. The number of aromatic nitrogens is 1. The summed E-state index contributed by atoms with van der Waals surface area (Å²) in [7, 11) is 0. The van der Waals surface area contributed by atoms with Gasteiger partial charge in [0, 0.05) is 24.9 Å². The molecule has 1 aromatic carbocycles. The molecule has 0 amide bonds. The van der Waals surface area contributed by atoms with E-state index in [-0.39, 0.29) is 24.0 Å². The predicted octanol–water partition coefficient (Wildman–Crippen LogP) is 2.84. The largest absolute Gasteiger partial charge is 0.370 e. The number of guanidine groups is 1. The zero-order chi connectivity index (χ0) is 15.2. The molecule has 1 aliphatic rings. The number of nitrogens with one attached hydrogen (secondary N) is 1. The molecule has 0 saturated carbocycles. The Hall–Kier alpha value is -1.63. The molecule has 0 aliphatic heterocycles. The molecule has 1 aromatic heterocycles. The second-order valence-electron chi connectivity index (χ2n) is 5.66. The Morgan fingerprint density at radius 2 is 2.04 bits per heavy atom. The van der Waals surface area contributed by atoms with E-state index in [1.54, 1.807) is 6.20 Å². The third-order valence-electron chi connectivity index (χ3n) is 4.01. The molecule has 1 heterocycles. The normalized spacial score (nSPS) is 13.3. The fraction of sp³-hybridized carbons (Fsp3) is 0.333. The number of aliphatic imine (C=N–C) groups is 1. The van der Waals surface area contributed by atoms with Crippen molar-refractivity contribution in [1.82, 2.24) is 10.3 Å². The molecule has 4 nitrogen and oxygen atoms in total. The van der Waals surface area contributed by atoms with E-state index < -0.39 is 0 Å². The smallest absolute Gasteiger partial charge is 0.188 e. The highest BCUT2D eigenvalue weighted by atomic mass is 127. The fourth-order valence-corrected chi connectivity index (χ4v) is 2.82. The van der Waals surface area contributed by atoms with Crippen LogP contribution in [0.2, 0.25) is 0 Å². The number of rotatable bonds is 5. The van der Waals surface area contributed by atoms with E-state index in [0.717, 1.165) is 18.7 Å². The van der Waals surface area contributed by atoms with Crippen LogP contribution in [-0.4, -0.2) is 17.5 Å². The average molecular weight is 422 g/mol. The minimum absolute atomic E-state index is 0. The molecular weight excluding hydrogens is 399 g/mol. The average Bonchev–Trinajstić information content (AvgIpc) is 3.01. The van der Waals surface area contributed by atoms with Gasteiger partial charge in [-0.25, -0.2) is 4.99 Å². The summed E-state index contributed by atoms with van der Waals surface area (Å²) in [6.07, 6.45) is 6.34. The highest BCUT2D eigenvalue weighted by molar-refractivity contribution is 14.0. The van der Waals surface area contributed by atoms with Crippen molar-refractivity contribution in [2.75, 3.05) is 6.54 Å². The van der Waals surface area contributed by atoms with Gasteiger partial charge in [0.05, 0.1) is 6.54 Å². The first-order valence-electron chi connectivity index (χ1n) is 7.85. The topological polar surface area (TPSA) is 63.3 Å². The van der Waals surface area contributed by atoms with Gasteiger partial charge < -0.3 is 11.1 Å². The van der Waals surface area contributed by atoms with Crippen LogP contribution in [0.25, 0.3) is 0 Å². The molecule has 5 heteroatoms. The molecule has 0 spiro atoms. The van der Waals surface area contributed by atoms with Crippen molar-refractivity contribution >= 4 is 29.9 Å². The Kier molecular flexibility index (Phi) is 6.83. The number of hydrogen-bond donors (Lipinski definition) is 2. The van der Waals surface area contributed by atoms with Crippen LogP contribution in [0.1, 0.15) is 28.8 Å². The highest BCUT2D eigenvalue weighted by Gasteiger charge is 2.10. The summed E-state index contributed by atoms with van der Waals surface area (Å²) in [6, 6.07) is 12.6. The van der Waals surface area contributed by atoms with Gasteiger partial charge in [0.15, 0.2) is 5.96 Å². The molecule has 0 saturated heterocycles. The molecule has 0 unspecified atom stereocenters. The van der Waals surface area contributed by atoms with Crippen LogP contribution < -0.4 is 11.1 Å². The van der Waals surface area contributed by atoms with Gasteiger partial charge in [0.2, 0.25) is 0 Å².